The molecule has 5 fully saturated rings. The van der Waals surface area contributed by atoms with Gasteiger partial charge in [0.05, 0.1) is 6.04 Å². The van der Waals surface area contributed by atoms with Crippen LogP contribution < -0.4 is 5.32 Å². The van der Waals surface area contributed by atoms with Crippen molar-refractivity contribution >= 4 is 38.9 Å². The topological polar surface area (TPSA) is 118 Å². The third-order valence-corrected chi connectivity index (χ3v) is 14.6. The molecule has 220 valence electrons. The fourth-order valence-electron chi connectivity index (χ4n) is 9.86. The van der Waals surface area contributed by atoms with Gasteiger partial charge >= 0.3 is 10.1 Å². The molecule has 9 heteroatoms. The molecule has 5 saturated carbocycles. The zero-order valence-electron chi connectivity index (χ0n) is 23.9. The Hall–Kier alpha value is -1.58. The van der Waals surface area contributed by atoms with Gasteiger partial charge in [-0.25, -0.2) is 0 Å². The first-order valence-electron chi connectivity index (χ1n) is 15.2. The average molecular weight is 590 g/mol. The van der Waals surface area contributed by atoms with Gasteiger partial charge in [-0.1, -0.05) is 20.8 Å². The molecule has 40 heavy (non-hydrogen) atoms. The highest BCUT2D eigenvalue weighted by molar-refractivity contribution is 7.88. The molecule has 0 aromatic carbocycles. The molecule has 2 unspecified atom stereocenters. The Morgan fingerprint density at radius 3 is 2.45 bits per heavy atom. The van der Waals surface area contributed by atoms with Crippen molar-refractivity contribution in [1.82, 2.24) is 5.32 Å². The molecule has 5 aliphatic rings. The molecule has 0 spiro atoms. The predicted molar refractivity (Wildman–Crippen MR) is 152 cm³/mol. The van der Waals surface area contributed by atoms with Crippen molar-refractivity contribution in [3.63, 3.8) is 0 Å². The summed E-state index contributed by atoms with van der Waals surface area (Å²) in [6, 6.07) is 2.89. The highest BCUT2D eigenvalue weighted by Gasteiger charge is 2.63. The van der Waals surface area contributed by atoms with Gasteiger partial charge in [0.25, 0.3) is 0 Å². The van der Waals surface area contributed by atoms with Crippen LogP contribution >= 0.6 is 11.3 Å². The maximum absolute atomic E-state index is 13.6. The van der Waals surface area contributed by atoms with Crippen LogP contribution in [0.2, 0.25) is 0 Å². The lowest BCUT2D eigenvalue weighted by Gasteiger charge is -2.59. The van der Waals surface area contributed by atoms with E-state index in [2.05, 4.69) is 26.1 Å². The third kappa shape index (κ3) is 4.81. The fourth-order valence-corrected chi connectivity index (χ4v) is 11.7. The average Bonchev–Trinajstić information content (AvgIpc) is 3.46. The van der Waals surface area contributed by atoms with Gasteiger partial charge in [-0.05, 0) is 103 Å². The van der Waals surface area contributed by atoms with Gasteiger partial charge in [0, 0.05) is 36.5 Å². The van der Waals surface area contributed by atoms with Crippen LogP contribution in [0.4, 0.5) is 0 Å². The van der Waals surface area contributed by atoms with E-state index in [1.54, 1.807) is 6.07 Å². The first kappa shape index (κ1) is 28.5. The van der Waals surface area contributed by atoms with Crippen molar-refractivity contribution in [2.75, 3.05) is 0 Å². The summed E-state index contributed by atoms with van der Waals surface area (Å²) < 4.78 is 32.5. The van der Waals surface area contributed by atoms with Crippen LogP contribution in [0.25, 0.3) is 0 Å². The summed E-state index contributed by atoms with van der Waals surface area (Å²) in [6.45, 7) is 6.92. The van der Waals surface area contributed by atoms with E-state index in [-0.39, 0.29) is 44.7 Å². The summed E-state index contributed by atoms with van der Waals surface area (Å²) in [7, 11) is -4.26. The van der Waals surface area contributed by atoms with Gasteiger partial charge in [0.15, 0.2) is 0 Å². The first-order chi connectivity index (χ1) is 18.8. The number of carbonyl (C=O) groups is 3. The van der Waals surface area contributed by atoms with E-state index in [1.807, 2.05) is 0 Å². The van der Waals surface area contributed by atoms with Gasteiger partial charge in [-0.2, -0.15) is 8.42 Å². The molecule has 5 aliphatic carbocycles. The second-order valence-corrected chi connectivity index (χ2v) is 17.0. The molecule has 1 heterocycles. The molecule has 0 saturated heterocycles. The highest BCUT2D eigenvalue weighted by Crippen LogP contribution is 2.67. The summed E-state index contributed by atoms with van der Waals surface area (Å²) in [5.74, 6) is 2.59. The van der Waals surface area contributed by atoms with Crippen LogP contribution in [0, 0.1) is 52.3 Å². The van der Waals surface area contributed by atoms with E-state index in [9.17, 15) is 27.4 Å². The van der Waals surface area contributed by atoms with Crippen LogP contribution in [0.5, 0.6) is 0 Å². The molecule has 0 radical (unpaired) electrons. The van der Waals surface area contributed by atoms with Gasteiger partial charge in [0.1, 0.15) is 15.8 Å². The van der Waals surface area contributed by atoms with Crippen LogP contribution in [0.1, 0.15) is 102 Å². The van der Waals surface area contributed by atoms with Crippen LogP contribution in [0.3, 0.4) is 0 Å². The smallest absolute Gasteiger partial charge is 0.304 e. The van der Waals surface area contributed by atoms with E-state index in [1.165, 1.54) is 6.07 Å². The SMILES string of the molecule is C[C@H](CC(=O)NC(c1ccc(S(=O)(=O)O)s1)C1CC1)C1CC[C@H]2[C@@H]3C(=O)C[C@@H]4CC(=O)CC[C@]4(C)[C@H]3CC[C@]12C. The maximum Gasteiger partial charge on any atom is 0.304 e. The van der Waals surface area contributed by atoms with Crippen molar-refractivity contribution < 1.29 is 27.4 Å². The predicted octanol–water partition coefficient (Wildman–Crippen LogP) is 6.00. The molecule has 1 aromatic heterocycles. The molecule has 0 aliphatic heterocycles. The van der Waals surface area contributed by atoms with Crippen LogP contribution in [-0.4, -0.2) is 30.4 Å². The van der Waals surface area contributed by atoms with Crippen molar-refractivity contribution in [3.05, 3.63) is 17.0 Å². The zero-order valence-corrected chi connectivity index (χ0v) is 25.5. The Bertz CT molecular complexity index is 1320. The molecule has 6 rings (SSSR count). The number of ketones is 2. The number of rotatable bonds is 7. The van der Waals surface area contributed by atoms with Gasteiger partial charge in [-0.15, -0.1) is 11.3 Å². The number of carbonyl (C=O) groups excluding carboxylic acids is 3. The second kappa shape index (κ2) is 10.0. The monoisotopic (exact) mass is 589 g/mol. The van der Waals surface area contributed by atoms with E-state index in [0.717, 1.165) is 61.2 Å². The summed E-state index contributed by atoms with van der Waals surface area (Å²) in [6.07, 6.45) is 9.32. The van der Waals surface area contributed by atoms with E-state index < -0.39 is 10.1 Å². The Kier molecular flexibility index (Phi) is 7.14. The van der Waals surface area contributed by atoms with Gasteiger partial charge in [0.2, 0.25) is 5.91 Å². The number of fused-ring (bicyclic) bond motifs is 5. The minimum atomic E-state index is -4.26. The molecular formula is C31H43NO6S2. The van der Waals surface area contributed by atoms with Gasteiger partial charge in [-0.3, -0.25) is 18.9 Å². The van der Waals surface area contributed by atoms with Crippen molar-refractivity contribution in [2.45, 2.75) is 102 Å². The van der Waals surface area contributed by atoms with Crippen molar-refractivity contribution in [1.29, 1.82) is 0 Å². The number of amides is 1. The first-order valence-corrected chi connectivity index (χ1v) is 17.5. The normalized spacial score (nSPS) is 39.1. The maximum atomic E-state index is 13.6. The molecule has 1 aromatic rings. The largest absolute Gasteiger partial charge is 0.348 e. The second-order valence-electron chi connectivity index (χ2n) is 14.3. The molecule has 9 atom stereocenters. The van der Waals surface area contributed by atoms with E-state index >= 15 is 0 Å². The quantitative estimate of drug-likeness (QED) is 0.377. The van der Waals surface area contributed by atoms with Crippen molar-refractivity contribution in [3.8, 4) is 0 Å². The highest BCUT2D eigenvalue weighted by atomic mass is 32.3. The van der Waals surface area contributed by atoms with E-state index in [4.69, 9.17) is 0 Å². The standard InChI is InChI=1S/C31H43NO6S2/c1-17(14-26(35)32-29(18-4-5-18)25-8-9-27(39-25)40(36,37)38)21-6-7-22-28-23(11-13-31(21,22)3)30(2)12-10-20(33)15-19(30)16-24(28)34/h8-9,17-19,21-23,28-29H,4-7,10-16H2,1-3H3,(H,32,35)(H,36,37,38)/t17-,19+,21?,22+,23+,28+,29?,30+,31-/m1/s1. The van der Waals surface area contributed by atoms with Crippen LogP contribution in [0.15, 0.2) is 16.3 Å². The third-order valence-electron chi connectivity index (χ3n) is 12.1. The molecule has 7 nitrogen and oxygen atoms in total. The minimum absolute atomic E-state index is 0.0112. The molecule has 1 amide bonds. The zero-order chi connectivity index (χ0) is 28.6. The fraction of sp³-hybridized carbons (Fsp3) is 0.774. The summed E-state index contributed by atoms with van der Waals surface area (Å²) in [4.78, 5) is 40.0. The Morgan fingerprint density at radius 2 is 1.77 bits per heavy atom. The Morgan fingerprint density at radius 1 is 1.05 bits per heavy atom. The lowest BCUT2D eigenvalue weighted by atomic mass is 9.44. The lowest BCUT2D eigenvalue weighted by Crippen LogP contribution is -2.57. The summed E-state index contributed by atoms with van der Waals surface area (Å²) in [5, 5.41) is 3.20. The molecule has 0 bridgehead atoms. The molecule has 2 N–H and O–H groups in total. The van der Waals surface area contributed by atoms with Crippen molar-refractivity contribution in [2.24, 2.45) is 52.3 Å². The number of thiophene rings is 1. The Labute approximate surface area is 242 Å². The molecular weight excluding hydrogens is 546 g/mol. The van der Waals surface area contributed by atoms with Gasteiger partial charge < -0.3 is 5.32 Å². The lowest BCUT2D eigenvalue weighted by molar-refractivity contribution is -0.159. The number of Topliss-reactive ketones (excluding diaryl/α,β-unsaturated/α-hetero) is 2. The van der Waals surface area contributed by atoms with Crippen LogP contribution in [-0.2, 0) is 24.5 Å². The number of hydrogen-bond acceptors (Lipinski definition) is 6. The van der Waals surface area contributed by atoms with E-state index in [0.29, 0.717) is 60.9 Å². The summed E-state index contributed by atoms with van der Waals surface area (Å²) in [5.41, 5.74) is 0.129. The Balaban J connectivity index is 1.14. The number of nitrogens with one attached hydrogen (secondary N) is 1. The minimum Gasteiger partial charge on any atom is -0.348 e. The number of hydrogen-bond donors (Lipinski definition) is 2. The summed E-state index contributed by atoms with van der Waals surface area (Å²) >= 11 is 1.03.